The van der Waals surface area contributed by atoms with E-state index in [1.54, 1.807) is 0 Å². The zero-order chi connectivity index (χ0) is 26.0. The molecule has 0 aromatic heterocycles. The fourth-order valence-electron chi connectivity index (χ4n) is 5.90. The van der Waals surface area contributed by atoms with Gasteiger partial charge in [0, 0.05) is 18.5 Å². The summed E-state index contributed by atoms with van der Waals surface area (Å²) in [4.78, 5) is 26.3. The molecule has 36 heavy (non-hydrogen) atoms. The Kier molecular flexibility index (Phi) is 10.6. The number of unbranched alkanes of at least 4 members (excludes halogenated alkanes) is 4. The van der Waals surface area contributed by atoms with Crippen LogP contribution in [0, 0.1) is 0 Å². The molecular weight excluding hydrogens is 466 g/mol. The van der Waals surface area contributed by atoms with E-state index in [9.17, 15) is 9.59 Å². The molecule has 0 unspecified atom stereocenters. The van der Waals surface area contributed by atoms with Crippen molar-refractivity contribution in [2.24, 2.45) is 0 Å². The minimum absolute atomic E-state index is 0.129. The van der Waals surface area contributed by atoms with Crippen molar-refractivity contribution >= 4 is 25.3 Å². The van der Waals surface area contributed by atoms with Gasteiger partial charge < -0.3 is 14.7 Å². The fraction of sp³-hybridized carbons (Fsp3) is 0.533. The van der Waals surface area contributed by atoms with E-state index in [1.165, 1.54) is 5.19 Å². The van der Waals surface area contributed by atoms with Gasteiger partial charge in [-0.1, -0.05) is 105 Å². The number of hydrogen-bond donors (Lipinski definition) is 1. The maximum atomic E-state index is 13.5. The second-order valence-electron chi connectivity index (χ2n) is 10.8. The van der Waals surface area contributed by atoms with E-state index in [1.807, 2.05) is 30.3 Å². The lowest BCUT2D eigenvalue weighted by molar-refractivity contribution is -0.137. The van der Waals surface area contributed by atoms with Crippen LogP contribution in [0.5, 0.6) is 0 Å². The lowest BCUT2D eigenvalue weighted by Crippen LogP contribution is -2.59. The van der Waals surface area contributed by atoms with E-state index in [-0.39, 0.29) is 24.6 Å². The van der Waals surface area contributed by atoms with Crippen LogP contribution in [0.25, 0.3) is 0 Å². The Hall–Kier alpha value is -2.60. The van der Waals surface area contributed by atoms with Crippen LogP contribution in [0.3, 0.4) is 0 Å². The van der Waals surface area contributed by atoms with E-state index in [0.717, 1.165) is 56.9 Å². The lowest BCUT2D eigenvalue weighted by atomic mass is 9.92. The second-order valence-corrected chi connectivity index (χ2v) is 15.6. The van der Waals surface area contributed by atoms with E-state index < -0.39 is 14.0 Å². The van der Waals surface area contributed by atoms with Crippen molar-refractivity contribution in [3.63, 3.8) is 0 Å². The number of benzene rings is 2. The average molecular weight is 510 g/mol. The summed E-state index contributed by atoms with van der Waals surface area (Å²) in [5, 5.41) is 10.3. The van der Waals surface area contributed by atoms with Gasteiger partial charge in [0.25, 0.3) is 0 Å². The molecule has 0 saturated carbocycles. The first kappa shape index (κ1) is 28.0. The molecule has 0 radical (unpaired) electrons. The summed E-state index contributed by atoms with van der Waals surface area (Å²) < 4.78 is 5.86. The van der Waals surface area contributed by atoms with Gasteiger partial charge in [0.05, 0.1) is 8.07 Å². The highest BCUT2D eigenvalue weighted by atomic mass is 28.3. The summed E-state index contributed by atoms with van der Waals surface area (Å²) in [6.45, 7) is 7.40. The standard InChI is InChI=1S/C30H43NO4Si/c1-24-28(36(2,3)27-18-12-8-13-19-27)22-21-26(17-11-5-4-6-14-20-29(32)33)31(24)30(34)35-23-25-15-9-7-10-16-25/h7-10,12-13,15-16,18-19,24,26,28H,4-6,11,14,17,20-23H2,1-3H3,(H,32,33)/t24-,26+,28-/m0/s1. The highest BCUT2D eigenvalue weighted by Gasteiger charge is 2.45. The number of hydrogen-bond acceptors (Lipinski definition) is 3. The molecule has 1 aliphatic rings. The molecule has 1 N–H and O–H groups in total. The van der Waals surface area contributed by atoms with Crippen LogP contribution in [0.4, 0.5) is 4.79 Å². The predicted octanol–water partition coefficient (Wildman–Crippen LogP) is 6.98. The van der Waals surface area contributed by atoms with Crippen molar-refractivity contribution in [3.8, 4) is 0 Å². The van der Waals surface area contributed by atoms with Crippen molar-refractivity contribution in [1.29, 1.82) is 0 Å². The Balaban J connectivity index is 1.66. The largest absolute Gasteiger partial charge is 0.481 e. The lowest BCUT2D eigenvalue weighted by Gasteiger charge is -2.49. The number of ether oxygens (including phenoxy) is 1. The molecule has 0 aliphatic carbocycles. The van der Waals surface area contributed by atoms with Gasteiger partial charge in [0.1, 0.15) is 6.61 Å². The third-order valence-electron chi connectivity index (χ3n) is 8.01. The summed E-state index contributed by atoms with van der Waals surface area (Å²) in [6, 6.07) is 21.0. The van der Waals surface area contributed by atoms with Gasteiger partial charge in [0.15, 0.2) is 0 Å². The Labute approximate surface area is 217 Å². The first-order valence-electron chi connectivity index (χ1n) is 13.6. The summed E-state index contributed by atoms with van der Waals surface area (Å²) in [6.07, 6.45) is 8.06. The van der Waals surface area contributed by atoms with Gasteiger partial charge in [-0.05, 0) is 43.7 Å². The number of piperidine rings is 1. The highest BCUT2D eigenvalue weighted by Crippen LogP contribution is 2.40. The van der Waals surface area contributed by atoms with Crippen molar-refractivity contribution in [2.45, 2.75) is 102 Å². The van der Waals surface area contributed by atoms with E-state index >= 15 is 0 Å². The first-order valence-corrected chi connectivity index (χ1v) is 16.6. The van der Waals surface area contributed by atoms with Crippen molar-refractivity contribution in [3.05, 3.63) is 66.2 Å². The van der Waals surface area contributed by atoms with Gasteiger partial charge in [0.2, 0.25) is 0 Å². The molecule has 1 aliphatic heterocycles. The average Bonchev–Trinajstić information content (AvgIpc) is 2.87. The van der Waals surface area contributed by atoms with Gasteiger partial charge in [-0.2, -0.15) is 0 Å². The van der Waals surface area contributed by atoms with E-state index in [4.69, 9.17) is 9.84 Å². The molecule has 2 aromatic carbocycles. The SMILES string of the molecule is C[C@H]1[C@@H]([Si](C)(C)c2ccccc2)CC[C@@H](CCCCCCCC(=O)O)N1C(=O)OCc1ccccc1. The zero-order valence-corrected chi connectivity index (χ0v) is 23.2. The quantitative estimate of drug-likeness (QED) is 0.248. The van der Waals surface area contributed by atoms with Crippen LogP contribution in [-0.2, 0) is 16.1 Å². The minimum atomic E-state index is -1.81. The first-order chi connectivity index (χ1) is 17.3. The third-order valence-corrected chi connectivity index (χ3v) is 12.5. The number of carbonyl (C=O) groups is 2. The topological polar surface area (TPSA) is 66.8 Å². The maximum absolute atomic E-state index is 13.5. The summed E-state index contributed by atoms with van der Waals surface area (Å²) in [5.41, 5.74) is 1.47. The normalized spacial score (nSPS) is 20.2. The number of likely N-dealkylation sites (tertiary alicyclic amines) is 1. The van der Waals surface area contributed by atoms with Gasteiger partial charge in [-0.25, -0.2) is 4.79 Å². The third kappa shape index (κ3) is 7.70. The number of carboxylic acids is 1. The van der Waals surface area contributed by atoms with Crippen molar-refractivity contribution < 1.29 is 19.4 Å². The maximum Gasteiger partial charge on any atom is 0.410 e. The number of carbonyl (C=O) groups excluding carboxylic acids is 1. The Morgan fingerprint density at radius 1 is 0.917 bits per heavy atom. The molecule has 1 amide bonds. The van der Waals surface area contributed by atoms with Crippen molar-refractivity contribution in [2.75, 3.05) is 0 Å². The molecule has 5 nitrogen and oxygen atoms in total. The summed E-state index contributed by atoms with van der Waals surface area (Å²) in [5.74, 6) is -0.715. The number of carboxylic acid groups (broad SMARTS) is 1. The Morgan fingerprint density at radius 2 is 1.53 bits per heavy atom. The minimum Gasteiger partial charge on any atom is -0.481 e. The van der Waals surface area contributed by atoms with E-state index in [2.05, 4.69) is 55.2 Å². The second kappa shape index (κ2) is 13.6. The Bertz CT molecular complexity index is 950. The van der Waals surface area contributed by atoms with Crippen LogP contribution < -0.4 is 5.19 Å². The van der Waals surface area contributed by atoms with Gasteiger partial charge in [-0.3, -0.25) is 4.79 Å². The van der Waals surface area contributed by atoms with Crippen molar-refractivity contribution in [1.82, 2.24) is 4.90 Å². The molecule has 1 saturated heterocycles. The zero-order valence-electron chi connectivity index (χ0n) is 22.2. The number of nitrogens with zero attached hydrogens (tertiary/aromatic N) is 1. The number of amides is 1. The highest BCUT2D eigenvalue weighted by molar-refractivity contribution is 6.91. The van der Waals surface area contributed by atoms with Crippen LogP contribution in [0.1, 0.15) is 70.3 Å². The molecule has 1 heterocycles. The molecule has 3 rings (SSSR count). The fourth-order valence-corrected chi connectivity index (χ4v) is 9.64. The molecule has 1 fully saturated rings. The van der Waals surface area contributed by atoms with Crippen LogP contribution in [0.2, 0.25) is 18.6 Å². The molecule has 2 aromatic rings. The smallest absolute Gasteiger partial charge is 0.410 e. The summed E-state index contributed by atoms with van der Waals surface area (Å²) in [7, 11) is -1.81. The molecular formula is C30H43NO4Si. The monoisotopic (exact) mass is 509 g/mol. The molecule has 196 valence electrons. The van der Waals surface area contributed by atoms with Crippen LogP contribution in [0.15, 0.2) is 60.7 Å². The summed E-state index contributed by atoms with van der Waals surface area (Å²) >= 11 is 0. The van der Waals surface area contributed by atoms with Gasteiger partial charge in [-0.15, -0.1) is 0 Å². The number of rotatable bonds is 12. The van der Waals surface area contributed by atoms with Crippen LogP contribution in [-0.4, -0.2) is 42.2 Å². The van der Waals surface area contributed by atoms with E-state index in [0.29, 0.717) is 12.1 Å². The Morgan fingerprint density at radius 3 is 2.19 bits per heavy atom. The molecule has 0 spiro atoms. The molecule has 6 heteroatoms. The van der Waals surface area contributed by atoms with Gasteiger partial charge >= 0.3 is 12.1 Å². The molecule has 0 bridgehead atoms. The number of aliphatic carboxylic acids is 1. The molecule has 3 atom stereocenters. The predicted molar refractivity (Wildman–Crippen MR) is 148 cm³/mol. The van der Waals surface area contributed by atoms with Crippen LogP contribution >= 0.6 is 0 Å².